The van der Waals surface area contributed by atoms with Gasteiger partial charge in [-0.05, 0) is 43.9 Å². The van der Waals surface area contributed by atoms with Crippen LogP contribution in [-0.2, 0) is 9.53 Å². The quantitative estimate of drug-likeness (QED) is 0.702. The first-order chi connectivity index (χ1) is 13.7. The number of carbonyl (C=O) groups is 1. The van der Waals surface area contributed by atoms with Crippen molar-refractivity contribution in [2.75, 3.05) is 13.2 Å². The van der Waals surface area contributed by atoms with Crippen LogP contribution >= 0.6 is 0 Å². The van der Waals surface area contributed by atoms with Crippen LogP contribution in [0.3, 0.4) is 0 Å². The summed E-state index contributed by atoms with van der Waals surface area (Å²) >= 11 is 0. The fourth-order valence-electron chi connectivity index (χ4n) is 6.04. The summed E-state index contributed by atoms with van der Waals surface area (Å²) in [7, 11) is 0. The molecular formula is C23H39N3O2. The molecule has 0 aromatic heterocycles. The number of aliphatic imine (C=N–C) groups is 1. The normalized spacial score (nSPS) is 32.9. The molecule has 0 aromatic rings. The van der Waals surface area contributed by atoms with Gasteiger partial charge in [-0.3, -0.25) is 9.69 Å². The van der Waals surface area contributed by atoms with Gasteiger partial charge in [0.1, 0.15) is 5.54 Å². The molecule has 0 bridgehead atoms. The molecule has 1 unspecified atom stereocenters. The van der Waals surface area contributed by atoms with Crippen LogP contribution in [0.5, 0.6) is 0 Å². The maximum atomic E-state index is 13.6. The van der Waals surface area contributed by atoms with E-state index in [4.69, 9.17) is 15.5 Å². The largest absolute Gasteiger partial charge is 0.376 e. The van der Waals surface area contributed by atoms with Crippen molar-refractivity contribution in [2.45, 2.75) is 108 Å². The second-order valence-corrected chi connectivity index (χ2v) is 9.80. The van der Waals surface area contributed by atoms with Crippen molar-refractivity contribution in [2.24, 2.45) is 22.6 Å². The minimum absolute atomic E-state index is 0.126. The Morgan fingerprint density at radius 2 is 1.64 bits per heavy atom. The smallest absolute Gasteiger partial charge is 0.257 e. The number of hydrogen-bond acceptors (Lipinski definition) is 4. The monoisotopic (exact) mass is 389 g/mol. The topological polar surface area (TPSA) is 67.9 Å². The number of nitrogens with zero attached hydrogens (tertiary/aromatic N) is 2. The lowest BCUT2D eigenvalue weighted by molar-refractivity contribution is -0.133. The summed E-state index contributed by atoms with van der Waals surface area (Å²) in [6.45, 7) is 1.39. The Morgan fingerprint density at radius 3 is 2.29 bits per heavy atom. The van der Waals surface area contributed by atoms with Gasteiger partial charge in [-0.15, -0.1) is 0 Å². The van der Waals surface area contributed by atoms with Crippen molar-refractivity contribution in [3.05, 3.63) is 0 Å². The number of ether oxygens (including phenoxy) is 1. The van der Waals surface area contributed by atoms with Gasteiger partial charge in [-0.2, -0.15) is 0 Å². The van der Waals surface area contributed by atoms with Gasteiger partial charge in [-0.25, -0.2) is 4.99 Å². The van der Waals surface area contributed by atoms with Crippen LogP contribution in [0.4, 0.5) is 0 Å². The maximum Gasteiger partial charge on any atom is 0.257 e. The number of carbonyl (C=O) groups excluding carboxylic acids is 1. The molecule has 2 saturated carbocycles. The van der Waals surface area contributed by atoms with Crippen molar-refractivity contribution < 1.29 is 9.53 Å². The molecule has 2 heterocycles. The molecule has 2 N–H and O–H groups in total. The fourth-order valence-corrected chi connectivity index (χ4v) is 6.04. The van der Waals surface area contributed by atoms with Crippen molar-refractivity contribution in [1.29, 1.82) is 0 Å². The maximum absolute atomic E-state index is 13.6. The Balaban J connectivity index is 1.47. The number of nitrogens with two attached hydrogens (primary N) is 1. The molecule has 5 nitrogen and oxygen atoms in total. The van der Waals surface area contributed by atoms with Gasteiger partial charge in [0, 0.05) is 6.61 Å². The van der Waals surface area contributed by atoms with Crippen LogP contribution in [0.2, 0.25) is 0 Å². The number of amides is 1. The summed E-state index contributed by atoms with van der Waals surface area (Å²) in [6, 6.07) is 0. The molecule has 2 atom stereocenters. The van der Waals surface area contributed by atoms with Gasteiger partial charge in [0.25, 0.3) is 5.91 Å². The SMILES string of the molecule is NC1=N[C@](CCC2CCCCC2)(CC2CCCCC2)C(=O)N1CC1CCCO1. The first kappa shape index (κ1) is 20.2. The number of guanidine groups is 1. The van der Waals surface area contributed by atoms with Crippen LogP contribution in [0.15, 0.2) is 4.99 Å². The molecule has 1 amide bonds. The Labute approximate surface area is 170 Å². The first-order valence-electron chi connectivity index (χ1n) is 12.0. The van der Waals surface area contributed by atoms with Crippen molar-refractivity contribution in [3.8, 4) is 0 Å². The van der Waals surface area contributed by atoms with Crippen molar-refractivity contribution in [1.82, 2.24) is 4.90 Å². The molecule has 4 aliphatic rings. The lowest BCUT2D eigenvalue weighted by Crippen LogP contribution is -2.48. The first-order valence-corrected chi connectivity index (χ1v) is 12.0. The van der Waals surface area contributed by atoms with Gasteiger partial charge in [0.05, 0.1) is 12.6 Å². The zero-order chi connectivity index (χ0) is 19.4. The van der Waals surface area contributed by atoms with E-state index in [9.17, 15) is 4.79 Å². The summed E-state index contributed by atoms with van der Waals surface area (Å²) < 4.78 is 5.78. The predicted octanol–water partition coefficient (Wildman–Crippen LogP) is 4.39. The Kier molecular flexibility index (Phi) is 6.59. The zero-order valence-electron chi connectivity index (χ0n) is 17.5. The highest BCUT2D eigenvalue weighted by Gasteiger charge is 2.49. The second kappa shape index (κ2) is 9.15. The molecule has 0 radical (unpaired) electrons. The highest BCUT2D eigenvalue weighted by molar-refractivity contribution is 6.06. The lowest BCUT2D eigenvalue weighted by Gasteiger charge is -2.33. The molecule has 0 aromatic carbocycles. The van der Waals surface area contributed by atoms with E-state index in [-0.39, 0.29) is 12.0 Å². The molecule has 3 fully saturated rings. The Bertz CT molecular complexity index is 560. The van der Waals surface area contributed by atoms with Crippen LogP contribution < -0.4 is 5.73 Å². The molecule has 4 rings (SSSR count). The molecule has 0 spiro atoms. The summed E-state index contributed by atoms with van der Waals surface area (Å²) in [5.74, 6) is 2.01. The van der Waals surface area contributed by atoms with Crippen LogP contribution in [0, 0.1) is 11.8 Å². The summed E-state index contributed by atoms with van der Waals surface area (Å²) in [5.41, 5.74) is 5.74. The Hall–Kier alpha value is -1.10. The molecule has 1 saturated heterocycles. The van der Waals surface area contributed by atoms with Gasteiger partial charge >= 0.3 is 0 Å². The van der Waals surface area contributed by atoms with E-state index in [0.717, 1.165) is 44.6 Å². The molecular weight excluding hydrogens is 350 g/mol. The number of hydrogen-bond donors (Lipinski definition) is 1. The molecule has 2 aliphatic heterocycles. The molecule has 5 heteroatoms. The predicted molar refractivity (Wildman–Crippen MR) is 112 cm³/mol. The minimum Gasteiger partial charge on any atom is -0.376 e. The van der Waals surface area contributed by atoms with Crippen LogP contribution in [0.1, 0.15) is 96.3 Å². The standard InChI is InChI=1S/C23H39N3O2/c24-22-25-23(16-19-10-5-2-6-11-19,14-13-18-8-3-1-4-9-18)21(27)26(22)17-20-12-7-15-28-20/h18-20H,1-17H2,(H2,24,25)/t20?,23-/m1/s1. The molecule has 28 heavy (non-hydrogen) atoms. The van der Waals surface area contributed by atoms with Crippen molar-refractivity contribution in [3.63, 3.8) is 0 Å². The summed E-state index contributed by atoms with van der Waals surface area (Å²) in [4.78, 5) is 20.3. The average Bonchev–Trinajstić information content (AvgIpc) is 3.31. The van der Waals surface area contributed by atoms with Crippen LogP contribution in [0.25, 0.3) is 0 Å². The third-order valence-corrected chi connectivity index (χ3v) is 7.70. The highest BCUT2D eigenvalue weighted by atomic mass is 16.5. The van der Waals surface area contributed by atoms with Gasteiger partial charge in [0.15, 0.2) is 5.96 Å². The third kappa shape index (κ3) is 4.55. The summed E-state index contributed by atoms with van der Waals surface area (Å²) in [6.07, 6.45) is 18.3. The van der Waals surface area contributed by atoms with E-state index in [0.29, 0.717) is 18.4 Å². The van der Waals surface area contributed by atoms with E-state index in [1.807, 2.05) is 0 Å². The van der Waals surface area contributed by atoms with Crippen molar-refractivity contribution >= 4 is 11.9 Å². The average molecular weight is 390 g/mol. The van der Waals surface area contributed by atoms with E-state index < -0.39 is 5.54 Å². The van der Waals surface area contributed by atoms with Gasteiger partial charge in [0.2, 0.25) is 0 Å². The Morgan fingerprint density at radius 1 is 0.964 bits per heavy atom. The van der Waals surface area contributed by atoms with Gasteiger partial charge in [-0.1, -0.05) is 64.2 Å². The highest BCUT2D eigenvalue weighted by Crippen LogP contribution is 2.40. The number of rotatable bonds is 7. The lowest BCUT2D eigenvalue weighted by atomic mass is 9.75. The molecule has 2 aliphatic carbocycles. The summed E-state index contributed by atoms with van der Waals surface area (Å²) in [5, 5.41) is 0. The fraction of sp³-hybridized carbons (Fsp3) is 0.913. The van der Waals surface area contributed by atoms with E-state index in [1.54, 1.807) is 4.90 Å². The second-order valence-electron chi connectivity index (χ2n) is 9.80. The van der Waals surface area contributed by atoms with Gasteiger partial charge < -0.3 is 10.5 Å². The van der Waals surface area contributed by atoms with E-state index in [1.165, 1.54) is 64.2 Å². The van der Waals surface area contributed by atoms with E-state index >= 15 is 0 Å². The third-order valence-electron chi connectivity index (χ3n) is 7.70. The molecule has 158 valence electrons. The minimum atomic E-state index is -0.595. The zero-order valence-corrected chi connectivity index (χ0v) is 17.5. The van der Waals surface area contributed by atoms with E-state index in [2.05, 4.69) is 0 Å². The van der Waals surface area contributed by atoms with Crippen LogP contribution in [-0.4, -0.2) is 41.6 Å².